The zero-order valence-corrected chi connectivity index (χ0v) is 7.84. The number of primary sulfonamides is 1. The fraction of sp³-hybridized carbons (Fsp3) is 0.375. The van der Waals surface area contributed by atoms with E-state index in [9.17, 15) is 8.42 Å². The Labute approximate surface area is 77.4 Å². The summed E-state index contributed by atoms with van der Waals surface area (Å²) in [7, 11) is -3.53. The second-order valence-electron chi connectivity index (χ2n) is 2.84. The molecule has 0 amide bonds. The number of nitrogens with two attached hydrogens (primary N) is 1. The zero-order chi connectivity index (χ0) is 9.90. The van der Waals surface area contributed by atoms with E-state index in [2.05, 4.69) is 0 Å². The van der Waals surface area contributed by atoms with Gasteiger partial charge < -0.3 is 0 Å². The van der Waals surface area contributed by atoms with Crippen LogP contribution in [0.4, 0.5) is 0 Å². The van der Waals surface area contributed by atoms with Crippen LogP contribution in [-0.2, 0) is 10.0 Å². The van der Waals surface area contributed by atoms with Crippen LogP contribution in [0.2, 0.25) is 0 Å². The van der Waals surface area contributed by atoms with E-state index in [0.29, 0.717) is 19.3 Å². The van der Waals surface area contributed by atoms with Crippen molar-refractivity contribution in [1.82, 2.24) is 0 Å². The van der Waals surface area contributed by atoms with Gasteiger partial charge in [0.2, 0.25) is 10.0 Å². The highest BCUT2D eigenvalue weighted by Gasteiger charge is 2.14. The summed E-state index contributed by atoms with van der Waals surface area (Å²) >= 11 is 0. The van der Waals surface area contributed by atoms with Crippen molar-refractivity contribution >= 4 is 10.0 Å². The summed E-state index contributed by atoms with van der Waals surface area (Å²) in [5.41, 5.74) is 0.954. The molecule has 0 heterocycles. The van der Waals surface area contributed by atoms with Crippen LogP contribution in [0.25, 0.3) is 0 Å². The number of hydrogen-bond donors (Lipinski definition) is 1. The third-order valence-corrected chi connectivity index (χ3v) is 2.94. The lowest BCUT2D eigenvalue weighted by molar-refractivity contribution is 0.601. The lowest BCUT2D eigenvalue weighted by Gasteiger charge is -2.10. The molecule has 0 fully saturated rings. The molecule has 0 aliphatic heterocycles. The van der Waals surface area contributed by atoms with E-state index >= 15 is 0 Å². The molecule has 1 rings (SSSR count). The van der Waals surface area contributed by atoms with Gasteiger partial charge in [0, 0.05) is 0 Å². The normalized spacial score (nSPS) is 17.2. The molecule has 0 spiro atoms. The molecule has 1 aliphatic rings. The van der Waals surface area contributed by atoms with Crippen LogP contribution < -0.4 is 5.14 Å². The standard InChI is InChI=1S/C8H10N2O2S/c9-6-5-7-1-3-8(4-2-7)13(10,11)12/h1,3H,2,4-5H2,(H2,10,11,12). The van der Waals surface area contributed by atoms with Gasteiger partial charge in [-0.15, -0.1) is 0 Å². The number of sulfonamides is 1. The van der Waals surface area contributed by atoms with Gasteiger partial charge in [-0.2, -0.15) is 5.26 Å². The fourth-order valence-electron chi connectivity index (χ4n) is 1.15. The van der Waals surface area contributed by atoms with Crippen LogP contribution in [0, 0.1) is 11.3 Å². The number of allylic oxidation sites excluding steroid dienone is 4. The van der Waals surface area contributed by atoms with Gasteiger partial charge in [0.25, 0.3) is 0 Å². The summed E-state index contributed by atoms with van der Waals surface area (Å²) in [6, 6.07) is 2.01. The van der Waals surface area contributed by atoms with Crippen molar-refractivity contribution in [2.75, 3.05) is 0 Å². The van der Waals surface area contributed by atoms with Crippen LogP contribution in [-0.4, -0.2) is 8.42 Å². The highest BCUT2D eigenvalue weighted by Crippen LogP contribution is 2.22. The number of rotatable bonds is 2. The van der Waals surface area contributed by atoms with Gasteiger partial charge in [-0.1, -0.05) is 11.6 Å². The minimum Gasteiger partial charge on any atom is -0.225 e. The van der Waals surface area contributed by atoms with Crippen LogP contribution in [0.3, 0.4) is 0 Å². The average molecular weight is 198 g/mol. The van der Waals surface area contributed by atoms with E-state index in [4.69, 9.17) is 10.4 Å². The predicted octanol–water partition coefficient (Wildman–Crippen LogP) is 0.793. The first-order valence-corrected chi connectivity index (χ1v) is 5.37. The number of nitrogens with zero attached hydrogens (tertiary/aromatic N) is 1. The molecule has 70 valence electrons. The largest absolute Gasteiger partial charge is 0.234 e. The Hall–Kier alpha value is -1.12. The molecule has 0 bridgehead atoms. The van der Waals surface area contributed by atoms with Gasteiger partial charge in [0.15, 0.2) is 0 Å². The van der Waals surface area contributed by atoms with Crippen molar-refractivity contribution < 1.29 is 8.42 Å². The highest BCUT2D eigenvalue weighted by molar-refractivity contribution is 7.93. The molecule has 13 heavy (non-hydrogen) atoms. The van der Waals surface area contributed by atoms with Crippen LogP contribution in [0.5, 0.6) is 0 Å². The maximum atomic E-state index is 10.9. The number of nitriles is 1. The summed E-state index contributed by atoms with van der Waals surface area (Å²) in [5, 5.41) is 13.3. The summed E-state index contributed by atoms with van der Waals surface area (Å²) in [6.07, 6.45) is 4.51. The van der Waals surface area contributed by atoms with Crippen molar-refractivity contribution in [3.8, 4) is 6.07 Å². The molecule has 1 aliphatic carbocycles. The van der Waals surface area contributed by atoms with Gasteiger partial charge in [-0.3, -0.25) is 0 Å². The Morgan fingerprint density at radius 2 is 2.15 bits per heavy atom. The Balaban J connectivity index is 2.84. The van der Waals surface area contributed by atoms with Gasteiger partial charge in [0.05, 0.1) is 17.4 Å². The van der Waals surface area contributed by atoms with Crippen LogP contribution in [0.1, 0.15) is 19.3 Å². The minimum atomic E-state index is -3.53. The molecule has 0 aromatic carbocycles. The summed E-state index contributed by atoms with van der Waals surface area (Å²) in [6.45, 7) is 0. The summed E-state index contributed by atoms with van der Waals surface area (Å²) in [5.74, 6) is 0. The van der Waals surface area contributed by atoms with E-state index in [0.717, 1.165) is 5.57 Å². The second kappa shape index (κ2) is 3.73. The van der Waals surface area contributed by atoms with E-state index in [-0.39, 0.29) is 4.91 Å². The monoisotopic (exact) mass is 198 g/mol. The molecule has 4 nitrogen and oxygen atoms in total. The van der Waals surface area contributed by atoms with E-state index in [1.165, 1.54) is 6.08 Å². The fourth-order valence-corrected chi connectivity index (χ4v) is 1.79. The Morgan fingerprint density at radius 1 is 1.46 bits per heavy atom. The molecule has 2 N–H and O–H groups in total. The maximum absolute atomic E-state index is 10.9. The lowest BCUT2D eigenvalue weighted by atomic mass is 10.0. The zero-order valence-electron chi connectivity index (χ0n) is 7.03. The predicted molar refractivity (Wildman–Crippen MR) is 48.7 cm³/mol. The first kappa shape index (κ1) is 9.96. The van der Waals surface area contributed by atoms with Crippen molar-refractivity contribution in [3.05, 3.63) is 22.6 Å². The quantitative estimate of drug-likeness (QED) is 0.712. The Kier molecular flexibility index (Phi) is 2.86. The topological polar surface area (TPSA) is 83.9 Å². The third kappa shape index (κ3) is 2.68. The van der Waals surface area contributed by atoms with Gasteiger partial charge in [-0.25, -0.2) is 13.6 Å². The molecular formula is C8H10N2O2S. The Bertz CT molecular complexity index is 398. The van der Waals surface area contributed by atoms with Crippen molar-refractivity contribution in [3.63, 3.8) is 0 Å². The van der Waals surface area contributed by atoms with Crippen molar-refractivity contribution in [2.24, 2.45) is 5.14 Å². The Morgan fingerprint density at radius 3 is 2.54 bits per heavy atom. The third-order valence-electron chi connectivity index (χ3n) is 1.87. The molecule has 0 atom stereocenters. The molecule has 0 radical (unpaired) electrons. The molecule has 0 saturated carbocycles. The van der Waals surface area contributed by atoms with Crippen LogP contribution >= 0.6 is 0 Å². The van der Waals surface area contributed by atoms with E-state index in [1.807, 2.05) is 6.07 Å². The maximum Gasteiger partial charge on any atom is 0.234 e. The first-order chi connectivity index (χ1) is 6.04. The minimum absolute atomic E-state index is 0.245. The van der Waals surface area contributed by atoms with Crippen molar-refractivity contribution in [1.29, 1.82) is 5.26 Å². The highest BCUT2D eigenvalue weighted by atomic mass is 32.2. The summed E-state index contributed by atoms with van der Waals surface area (Å²) < 4.78 is 21.7. The molecule has 0 aromatic heterocycles. The summed E-state index contributed by atoms with van der Waals surface area (Å²) in [4.78, 5) is 0.245. The van der Waals surface area contributed by atoms with Crippen molar-refractivity contribution in [2.45, 2.75) is 19.3 Å². The van der Waals surface area contributed by atoms with Gasteiger partial charge in [0.1, 0.15) is 0 Å². The van der Waals surface area contributed by atoms with Gasteiger partial charge in [-0.05, 0) is 18.9 Å². The second-order valence-corrected chi connectivity index (χ2v) is 4.45. The molecule has 0 saturated heterocycles. The van der Waals surface area contributed by atoms with Crippen LogP contribution in [0.15, 0.2) is 22.6 Å². The first-order valence-electron chi connectivity index (χ1n) is 3.82. The smallest absolute Gasteiger partial charge is 0.225 e. The van der Waals surface area contributed by atoms with E-state index in [1.54, 1.807) is 6.08 Å². The molecule has 5 heteroatoms. The van der Waals surface area contributed by atoms with E-state index < -0.39 is 10.0 Å². The molecule has 0 unspecified atom stereocenters. The average Bonchev–Trinajstić information content (AvgIpc) is 2.04. The van der Waals surface area contributed by atoms with Gasteiger partial charge >= 0.3 is 0 Å². The SMILES string of the molecule is N#CCC1=CC=C(S(N)(=O)=O)CC1. The lowest BCUT2D eigenvalue weighted by Crippen LogP contribution is -2.15. The molecule has 0 aromatic rings. The molecular weight excluding hydrogens is 188 g/mol. The number of hydrogen-bond acceptors (Lipinski definition) is 3.